The molecule has 1 saturated heterocycles. The number of hydrogen-bond acceptors (Lipinski definition) is 6. The van der Waals surface area contributed by atoms with E-state index in [2.05, 4.69) is 0 Å². The van der Waals surface area contributed by atoms with Crippen LogP contribution in [0.5, 0.6) is 5.75 Å². The molecule has 1 aromatic carbocycles. The second kappa shape index (κ2) is 13.2. The summed E-state index contributed by atoms with van der Waals surface area (Å²) in [7, 11) is 0. The highest BCUT2D eigenvalue weighted by Gasteiger charge is 2.31. The van der Waals surface area contributed by atoms with Gasteiger partial charge in [0.2, 0.25) is 0 Å². The summed E-state index contributed by atoms with van der Waals surface area (Å²) in [4.78, 5) is 36.3. The minimum Gasteiger partial charge on any atom is -0.481 e. The number of nitrogens with zero attached hydrogens (tertiary/aromatic N) is 1. The summed E-state index contributed by atoms with van der Waals surface area (Å²) in [5.74, 6) is -1.41. The van der Waals surface area contributed by atoms with Crippen LogP contribution in [0.15, 0.2) is 29.2 Å². The number of amides is 1. The van der Waals surface area contributed by atoms with Gasteiger partial charge in [-0.05, 0) is 43.5 Å². The van der Waals surface area contributed by atoms with Crippen molar-refractivity contribution >= 4 is 52.2 Å². The molecule has 1 atom stereocenters. The molecule has 0 aromatic heterocycles. The molecule has 0 radical (unpaired) electrons. The van der Waals surface area contributed by atoms with Gasteiger partial charge in [0.1, 0.15) is 10.1 Å². The molecule has 0 saturated carbocycles. The highest BCUT2D eigenvalue weighted by atomic mass is 32.2. The van der Waals surface area contributed by atoms with Crippen molar-refractivity contribution in [1.82, 2.24) is 4.90 Å². The summed E-state index contributed by atoms with van der Waals surface area (Å²) >= 11 is 6.66. The Labute approximate surface area is 197 Å². The van der Waals surface area contributed by atoms with E-state index in [-0.39, 0.29) is 12.3 Å². The van der Waals surface area contributed by atoms with Gasteiger partial charge in [0.05, 0.1) is 4.91 Å². The van der Waals surface area contributed by atoms with E-state index < -0.39 is 18.0 Å². The van der Waals surface area contributed by atoms with Crippen molar-refractivity contribution in [2.24, 2.45) is 0 Å². The van der Waals surface area contributed by atoms with Crippen LogP contribution in [0.1, 0.15) is 63.9 Å². The molecule has 2 rings (SSSR count). The van der Waals surface area contributed by atoms with Gasteiger partial charge < -0.3 is 14.9 Å². The molecule has 0 aliphatic carbocycles. The monoisotopic (exact) mass is 479 g/mol. The number of rotatable bonds is 14. The first kappa shape index (κ1) is 25.9. The molecule has 1 aliphatic rings. The molecule has 1 unspecified atom stereocenters. The SMILES string of the molecule is CC(Oc1ccc(/C=C2\SC(=S)N(CCCCCCCCCC(=O)O)C2=O)cc1)C(=O)O. The number of hydrogen-bond donors (Lipinski definition) is 2. The maximum atomic E-state index is 12.7. The Balaban J connectivity index is 1.75. The Bertz CT molecular complexity index is 853. The van der Waals surface area contributed by atoms with Crippen LogP contribution in [-0.4, -0.2) is 49.9 Å². The van der Waals surface area contributed by atoms with Crippen LogP contribution in [0.2, 0.25) is 0 Å². The fourth-order valence-electron chi connectivity index (χ4n) is 3.17. The predicted octanol–water partition coefficient (Wildman–Crippen LogP) is 4.95. The average molecular weight is 480 g/mol. The number of thioether (sulfide) groups is 1. The van der Waals surface area contributed by atoms with E-state index in [4.69, 9.17) is 27.2 Å². The standard InChI is InChI=1S/C23H29NO6S2/c1-16(22(28)29)30-18-12-10-17(11-13-18)15-19-21(27)24(23(31)32-19)14-8-6-4-2-3-5-7-9-20(25)26/h10-13,15-16H,2-9,14H2,1H3,(H,25,26)(H,28,29)/b19-15-. The molecule has 7 nitrogen and oxygen atoms in total. The van der Waals surface area contributed by atoms with Gasteiger partial charge in [0, 0.05) is 13.0 Å². The number of ether oxygens (including phenoxy) is 1. The van der Waals surface area contributed by atoms with Crippen LogP contribution in [0.3, 0.4) is 0 Å². The van der Waals surface area contributed by atoms with Crippen molar-refractivity contribution in [1.29, 1.82) is 0 Å². The van der Waals surface area contributed by atoms with E-state index in [1.54, 1.807) is 35.2 Å². The summed E-state index contributed by atoms with van der Waals surface area (Å²) in [5, 5.41) is 17.5. The quantitative estimate of drug-likeness (QED) is 0.220. The van der Waals surface area contributed by atoms with Gasteiger partial charge in [-0.15, -0.1) is 0 Å². The Kier molecular flexibility index (Phi) is 10.7. The first-order valence-corrected chi connectivity index (χ1v) is 12.0. The fourth-order valence-corrected chi connectivity index (χ4v) is 4.48. The van der Waals surface area contributed by atoms with Crippen LogP contribution in [0.25, 0.3) is 6.08 Å². The molecule has 0 spiro atoms. The largest absolute Gasteiger partial charge is 0.481 e. The Hall–Kier alpha value is -2.39. The summed E-state index contributed by atoms with van der Waals surface area (Å²) < 4.78 is 5.87. The van der Waals surface area contributed by atoms with Crippen LogP contribution in [0, 0.1) is 0 Å². The van der Waals surface area contributed by atoms with Gasteiger partial charge in [0.15, 0.2) is 6.10 Å². The average Bonchev–Trinajstić information content (AvgIpc) is 3.00. The third-order valence-corrected chi connectivity index (χ3v) is 6.36. The molecule has 32 heavy (non-hydrogen) atoms. The summed E-state index contributed by atoms with van der Waals surface area (Å²) in [6, 6.07) is 6.89. The molecule has 1 aliphatic heterocycles. The molecule has 1 fully saturated rings. The molecule has 2 N–H and O–H groups in total. The Morgan fingerprint density at radius 2 is 1.66 bits per heavy atom. The molecule has 0 bridgehead atoms. The van der Waals surface area contributed by atoms with Crippen LogP contribution in [0.4, 0.5) is 0 Å². The highest BCUT2D eigenvalue weighted by Crippen LogP contribution is 2.33. The zero-order valence-electron chi connectivity index (χ0n) is 18.1. The normalized spacial score (nSPS) is 15.9. The first-order chi connectivity index (χ1) is 15.3. The van der Waals surface area contributed by atoms with Crippen molar-refractivity contribution in [3.8, 4) is 5.75 Å². The second-order valence-electron chi connectivity index (χ2n) is 7.62. The maximum absolute atomic E-state index is 12.7. The number of carbonyl (C=O) groups is 3. The zero-order valence-corrected chi connectivity index (χ0v) is 19.8. The number of thiocarbonyl (C=S) groups is 1. The van der Waals surface area contributed by atoms with E-state index in [1.807, 2.05) is 0 Å². The molecular weight excluding hydrogens is 450 g/mol. The summed E-state index contributed by atoms with van der Waals surface area (Å²) in [5.41, 5.74) is 0.809. The molecule has 1 aromatic rings. The van der Waals surface area contributed by atoms with Crippen molar-refractivity contribution in [3.05, 3.63) is 34.7 Å². The van der Waals surface area contributed by atoms with Crippen LogP contribution in [-0.2, 0) is 14.4 Å². The van der Waals surface area contributed by atoms with E-state index in [0.717, 1.165) is 50.5 Å². The highest BCUT2D eigenvalue weighted by molar-refractivity contribution is 8.26. The van der Waals surface area contributed by atoms with Crippen LogP contribution < -0.4 is 4.74 Å². The molecule has 1 amide bonds. The summed E-state index contributed by atoms with van der Waals surface area (Å²) in [6.07, 6.45) is 7.81. The number of carboxylic acids is 2. The van der Waals surface area contributed by atoms with Crippen molar-refractivity contribution in [2.75, 3.05) is 6.54 Å². The van der Waals surface area contributed by atoms with Crippen molar-refractivity contribution < 1.29 is 29.3 Å². The van der Waals surface area contributed by atoms with Crippen LogP contribution >= 0.6 is 24.0 Å². The minimum absolute atomic E-state index is 0.0894. The lowest BCUT2D eigenvalue weighted by molar-refractivity contribution is -0.144. The fraction of sp³-hybridized carbons (Fsp3) is 0.478. The molecular formula is C23H29NO6S2. The smallest absolute Gasteiger partial charge is 0.344 e. The third-order valence-electron chi connectivity index (χ3n) is 4.98. The number of benzene rings is 1. The zero-order chi connectivity index (χ0) is 23.5. The number of aliphatic carboxylic acids is 2. The van der Waals surface area contributed by atoms with Crippen molar-refractivity contribution in [3.63, 3.8) is 0 Å². The number of carboxylic acid groups (broad SMARTS) is 2. The lowest BCUT2D eigenvalue weighted by Gasteiger charge is -2.14. The van der Waals surface area contributed by atoms with E-state index in [1.165, 1.54) is 18.7 Å². The number of carbonyl (C=O) groups excluding carboxylic acids is 1. The van der Waals surface area contributed by atoms with Crippen molar-refractivity contribution in [2.45, 2.75) is 64.4 Å². The third kappa shape index (κ3) is 8.63. The lowest BCUT2D eigenvalue weighted by atomic mass is 10.1. The molecule has 174 valence electrons. The van der Waals surface area contributed by atoms with Gasteiger partial charge in [-0.25, -0.2) is 4.79 Å². The lowest BCUT2D eigenvalue weighted by Crippen LogP contribution is -2.29. The van der Waals surface area contributed by atoms with E-state index in [0.29, 0.717) is 21.5 Å². The summed E-state index contributed by atoms with van der Waals surface area (Å²) in [6.45, 7) is 2.06. The molecule has 9 heteroatoms. The minimum atomic E-state index is -1.03. The Morgan fingerprint density at radius 1 is 1.06 bits per heavy atom. The first-order valence-electron chi connectivity index (χ1n) is 10.7. The van der Waals surface area contributed by atoms with Gasteiger partial charge in [-0.1, -0.05) is 68.2 Å². The second-order valence-corrected chi connectivity index (χ2v) is 9.30. The predicted molar refractivity (Wildman–Crippen MR) is 129 cm³/mol. The number of unbranched alkanes of at least 4 members (excludes halogenated alkanes) is 6. The Morgan fingerprint density at radius 3 is 2.25 bits per heavy atom. The van der Waals surface area contributed by atoms with Gasteiger partial charge in [-0.3, -0.25) is 14.5 Å². The topological polar surface area (TPSA) is 104 Å². The van der Waals surface area contributed by atoms with E-state index >= 15 is 0 Å². The molecule has 1 heterocycles. The van der Waals surface area contributed by atoms with Gasteiger partial charge >= 0.3 is 11.9 Å². The van der Waals surface area contributed by atoms with Gasteiger partial charge in [0.25, 0.3) is 5.91 Å². The van der Waals surface area contributed by atoms with E-state index in [9.17, 15) is 14.4 Å². The van der Waals surface area contributed by atoms with Gasteiger partial charge in [-0.2, -0.15) is 0 Å². The maximum Gasteiger partial charge on any atom is 0.344 e.